The molecule has 3 aromatic carbocycles. The second kappa shape index (κ2) is 9.26. The highest BCUT2D eigenvalue weighted by atomic mass is 16.5. The fourth-order valence-corrected chi connectivity index (χ4v) is 4.75. The maximum Gasteiger partial charge on any atom is 0.336 e. The SMILES string of the molecule is CCOC(=O)C1=C(C)NC2=C(C(=O)c3ccccc32)[C@H]1c1ccc(OCc2ccc(C)cc2)cc1. The Kier molecular flexibility index (Phi) is 6.00. The van der Waals surface area contributed by atoms with Crippen molar-refractivity contribution in [2.75, 3.05) is 6.61 Å². The summed E-state index contributed by atoms with van der Waals surface area (Å²) in [6.45, 7) is 6.41. The number of hydrogen-bond acceptors (Lipinski definition) is 5. The number of fused-ring (bicyclic) bond motifs is 2. The maximum absolute atomic E-state index is 13.5. The molecule has 2 aliphatic rings. The van der Waals surface area contributed by atoms with Gasteiger partial charge in [-0.2, -0.15) is 0 Å². The molecule has 0 aromatic heterocycles. The normalized spacial score (nSPS) is 16.5. The highest BCUT2D eigenvalue weighted by Crippen LogP contribution is 2.46. The lowest BCUT2D eigenvalue weighted by Crippen LogP contribution is -2.29. The van der Waals surface area contributed by atoms with Crippen molar-refractivity contribution in [2.24, 2.45) is 0 Å². The Morgan fingerprint density at radius 3 is 2.29 bits per heavy atom. The Morgan fingerprint density at radius 2 is 1.60 bits per heavy atom. The van der Waals surface area contributed by atoms with E-state index in [9.17, 15) is 9.59 Å². The minimum Gasteiger partial charge on any atom is -0.489 e. The molecule has 0 spiro atoms. The third-order valence-electron chi connectivity index (χ3n) is 6.48. The van der Waals surface area contributed by atoms with Gasteiger partial charge >= 0.3 is 5.97 Å². The van der Waals surface area contributed by atoms with Gasteiger partial charge in [0.05, 0.1) is 17.9 Å². The summed E-state index contributed by atoms with van der Waals surface area (Å²) >= 11 is 0. The first-order chi connectivity index (χ1) is 17.0. The van der Waals surface area contributed by atoms with E-state index in [0.29, 0.717) is 29.0 Å². The van der Waals surface area contributed by atoms with Crippen LogP contribution >= 0.6 is 0 Å². The first kappa shape index (κ1) is 22.7. The molecule has 35 heavy (non-hydrogen) atoms. The fourth-order valence-electron chi connectivity index (χ4n) is 4.75. The predicted octanol–water partition coefficient (Wildman–Crippen LogP) is 5.71. The predicted molar refractivity (Wildman–Crippen MR) is 135 cm³/mol. The number of dihydropyridines is 1. The monoisotopic (exact) mass is 465 g/mol. The van der Waals surface area contributed by atoms with Crippen molar-refractivity contribution in [3.63, 3.8) is 0 Å². The van der Waals surface area contributed by atoms with Gasteiger partial charge in [-0.05, 0) is 44.0 Å². The molecule has 176 valence electrons. The molecular weight excluding hydrogens is 438 g/mol. The zero-order chi connectivity index (χ0) is 24.5. The van der Waals surface area contributed by atoms with E-state index < -0.39 is 11.9 Å². The van der Waals surface area contributed by atoms with Crippen LogP contribution in [0.5, 0.6) is 5.75 Å². The second-order valence-electron chi connectivity index (χ2n) is 8.82. The summed E-state index contributed by atoms with van der Waals surface area (Å²) in [4.78, 5) is 26.5. The van der Waals surface area contributed by atoms with Gasteiger partial charge in [0, 0.05) is 28.3 Å². The van der Waals surface area contributed by atoms with Crippen molar-refractivity contribution in [1.82, 2.24) is 5.32 Å². The fraction of sp³-hybridized carbons (Fsp3) is 0.200. The zero-order valence-electron chi connectivity index (χ0n) is 20.1. The van der Waals surface area contributed by atoms with Crippen LogP contribution in [0.1, 0.15) is 52.4 Å². The van der Waals surface area contributed by atoms with E-state index in [2.05, 4.69) is 36.5 Å². The summed E-state index contributed by atoms with van der Waals surface area (Å²) in [6, 6.07) is 23.4. The third kappa shape index (κ3) is 4.14. The van der Waals surface area contributed by atoms with Crippen LogP contribution in [0.25, 0.3) is 5.70 Å². The van der Waals surface area contributed by atoms with Gasteiger partial charge in [0.25, 0.3) is 0 Å². The number of esters is 1. The van der Waals surface area contributed by atoms with Crippen LogP contribution in [0.3, 0.4) is 0 Å². The minimum atomic E-state index is -0.531. The number of carbonyl (C=O) groups excluding carboxylic acids is 2. The van der Waals surface area contributed by atoms with Crippen molar-refractivity contribution >= 4 is 17.4 Å². The molecule has 5 nitrogen and oxygen atoms in total. The van der Waals surface area contributed by atoms with Gasteiger partial charge in [0.15, 0.2) is 5.78 Å². The molecule has 0 unspecified atom stereocenters. The Bertz CT molecular complexity index is 1360. The van der Waals surface area contributed by atoms with Crippen LogP contribution in [0, 0.1) is 6.92 Å². The number of ketones is 1. The van der Waals surface area contributed by atoms with Gasteiger partial charge < -0.3 is 14.8 Å². The average molecular weight is 466 g/mol. The molecule has 3 aromatic rings. The van der Waals surface area contributed by atoms with E-state index in [1.807, 2.05) is 55.5 Å². The van der Waals surface area contributed by atoms with E-state index in [4.69, 9.17) is 9.47 Å². The van der Waals surface area contributed by atoms with Gasteiger partial charge in [0.2, 0.25) is 0 Å². The van der Waals surface area contributed by atoms with Crippen molar-refractivity contribution in [2.45, 2.75) is 33.3 Å². The van der Waals surface area contributed by atoms with E-state index >= 15 is 0 Å². The third-order valence-corrected chi connectivity index (χ3v) is 6.48. The van der Waals surface area contributed by atoms with Crippen LogP contribution in [-0.2, 0) is 16.1 Å². The lowest BCUT2D eigenvalue weighted by molar-refractivity contribution is -0.138. The van der Waals surface area contributed by atoms with Gasteiger partial charge in [0.1, 0.15) is 12.4 Å². The van der Waals surface area contributed by atoms with E-state index in [1.54, 1.807) is 6.92 Å². The Morgan fingerprint density at radius 1 is 0.914 bits per heavy atom. The summed E-state index contributed by atoms with van der Waals surface area (Å²) in [6.07, 6.45) is 0. The van der Waals surface area contributed by atoms with Crippen LogP contribution < -0.4 is 10.1 Å². The quantitative estimate of drug-likeness (QED) is 0.473. The number of Topliss-reactive ketones (excluding diaryl/α,β-unsaturated/α-hetero) is 1. The first-order valence-electron chi connectivity index (χ1n) is 11.8. The van der Waals surface area contributed by atoms with Gasteiger partial charge in [-0.15, -0.1) is 0 Å². The van der Waals surface area contributed by atoms with E-state index in [0.717, 1.165) is 28.1 Å². The standard InChI is InChI=1S/C30H27NO4/c1-4-34-30(33)25-19(3)31-28-23-7-5-6-8-24(23)29(32)27(28)26(25)21-13-15-22(16-14-21)35-17-20-11-9-18(2)10-12-20/h5-16,26,31H,4,17H2,1-3H3/t26-/m0/s1. The summed E-state index contributed by atoms with van der Waals surface area (Å²) in [7, 11) is 0. The van der Waals surface area contributed by atoms with Crippen LogP contribution in [0.4, 0.5) is 0 Å². The summed E-state index contributed by atoms with van der Waals surface area (Å²) in [5.41, 5.74) is 7.13. The van der Waals surface area contributed by atoms with Crippen LogP contribution in [0.2, 0.25) is 0 Å². The van der Waals surface area contributed by atoms with Gasteiger partial charge in [-0.3, -0.25) is 4.79 Å². The second-order valence-corrected chi connectivity index (χ2v) is 8.82. The number of rotatable bonds is 6. The van der Waals surface area contributed by atoms with E-state index in [1.165, 1.54) is 5.56 Å². The largest absolute Gasteiger partial charge is 0.489 e. The zero-order valence-corrected chi connectivity index (χ0v) is 20.1. The highest BCUT2D eigenvalue weighted by molar-refractivity contribution is 6.23. The molecule has 0 radical (unpaired) electrons. The van der Waals surface area contributed by atoms with Crippen molar-refractivity contribution in [3.8, 4) is 5.75 Å². The number of nitrogens with one attached hydrogen (secondary N) is 1. The molecule has 1 N–H and O–H groups in total. The number of hydrogen-bond donors (Lipinski definition) is 1. The number of allylic oxidation sites excluding steroid dienone is 2. The molecule has 1 atom stereocenters. The smallest absolute Gasteiger partial charge is 0.336 e. The molecule has 1 heterocycles. The molecule has 0 saturated carbocycles. The lowest BCUT2D eigenvalue weighted by atomic mass is 9.80. The molecule has 0 saturated heterocycles. The highest BCUT2D eigenvalue weighted by Gasteiger charge is 2.42. The minimum absolute atomic E-state index is 0.0675. The number of ether oxygens (including phenoxy) is 2. The number of aryl methyl sites for hydroxylation is 1. The molecule has 1 aliphatic heterocycles. The van der Waals surface area contributed by atoms with Crippen molar-refractivity contribution < 1.29 is 19.1 Å². The first-order valence-corrected chi connectivity index (χ1v) is 11.8. The Balaban J connectivity index is 1.49. The van der Waals surface area contributed by atoms with Gasteiger partial charge in [-0.1, -0.05) is 66.2 Å². The van der Waals surface area contributed by atoms with Gasteiger partial charge in [-0.25, -0.2) is 4.79 Å². The Labute approximate surface area is 205 Å². The summed E-state index contributed by atoms with van der Waals surface area (Å²) in [5.74, 6) is -0.298. The summed E-state index contributed by atoms with van der Waals surface area (Å²) < 4.78 is 11.4. The molecule has 0 amide bonds. The molecule has 5 rings (SSSR count). The molecule has 5 heteroatoms. The lowest BCUT2D eigenvalue weighted by Gasteiger charge is -2.29. The summed E-state index contributed by atoms with van der Waals surface area (Å²) in [5, 5.41) is 3.32. The molecule has 1 aliphatic carbocycles. The molecule has 0 bridgehead atoms. The average Bonchev–Trinajstić information content (AvgIpc) is 3.15. The van der Waals surface area contributed by atoms with Crippen molar-refractivity contribution in [1.29, 1.82) is 0 Å². The topological polar surface area (TPSA) is 64.6 Å². The van der Waals surface area contributed by atoms with E-state index in [-0.39, 0.29) is 12.4 Å². The van der Waals surface area contributed by atoms with Crippen LogP contribution in [-0.4, -0.2) is 18.4 Å². The molecular formula is C30H27NO4. The number of benzene rings is 3. The van der Waals surface area contributed by atoms with Crippen LogP contribution in [0.15, 0.2) is 89.6 Å². The van der Waals surface area contributed by atoms with Crippen molar-refractivity contribution in [3.05, 3.63) is 117 Å². The molecule has 0 fully saturated rings. The maximum atomic E-state index is 13.5. The number of carbonyl (C=O) groups is 2. The Hall–Kier alpha value is -4.12.